The van der Waals surface area contributed by atoms with E-state index in [9.17, 15) is 51.8 Å². The molecule has 4 radical (unpaired) electrons. The standard InChI is InChI=1S/3BF4.Pb/c3*2-1(3,4)5;/q3*-1;. The minimum Gasteiger partial charge on any atom is -0.418 e. The first-order chi connectivity index (χ1) is 6.00. The number of hydrogen-bond donors (Lipinski definition) is 0. The Morgan fingerprint density at radius 2 is 0.312 bits per heavy atom. The van der Waals surface area contributed by atoms with Crippen LogP contribution in [0.25, 0.3) is 0 Å². The Bertz CT molecular complexity index is 91.3. The molecule has 0 aromatic heterocycles. The Morgan fingerprint density at radius 1 is 0.312 bits per heavy atom. The molecule has 0 nitrogen and oxygen atoms in total. The average Bonchev–Trinajstić information content (AvgIpc) is 1.41. The summed E-state index contributed by atoms with van der Waals surface area (Å²) in [6.45, 7) is 0. The number of halogens is 12. The first kappa shape index (κ1) is 25.2. The van der Waals surface area contributed by atoms with Crippen molar-refractivity contribution in [2.45, 2.75) is 0 Å². The topological polar surface area (TPSA) is 0 Å². The first-order valence-corrected chi connectivity index (χ1v) is 2.62. The smallest absolute Gasteiger partial charge is 0.418 e. The van der Waals surface area contributed by atoms with Gasteiger partial charge in [-0.25, -0.2) is 0 Å². The fourth-order valence-electron chi connectivity index (χ4n) is 0. The summed E-state index contributed by atoms with van der Waals surface area (Å²) in [5, 5.41) is 0. The van der Waals surface area contributed by atoms with Crippen LogP contribution >= 0.6 is 0 Å². The van der Waals surface area contributed by atoms with Crippen LogP contribution in [0.15, 0.2) is 0 Å². The van der Waals surface area contributed by atoms with E-state index < -0.39 is 21.8 Å². The van der Waals surface area contributed by atoms with Crippen molar-refractivity contribution in [1.29, 1.82) is 0 Å². The van der Waals surface area contributed by atoms with Gasteiger partial charge in [-0.3, -0.25) is 0 Å². The fourth-order valence-corrected chi connectivity index (χ4v) is 0. The maximum absolute atomic E-state index is 9.75. The monoisotopic (exact) mass is 469 g/mol. The van der Waals surface area contributed by atoms with Gasteiger partial charge in [0.2, 0.25) is 0 Å². The summed E-state index contributed by atoms with van der Waals surface area (Å²) in [7, 11) is -18.0. The second-order valence-electron chi connectivity index (χ2n) is 1.48. The molecule has 0 unspecified atom stereocenters. The van der Waals surface area contributed by atoms with Crippen molar-refractivity contribution in [2.75, 3.05) is 0 Å². The van der Waals surface area contributed by atoms with E-state index in [4.69, 9.17) is 0 Å². The molecule has 100 valence electrons. The van der Waals surface area contributed by atoms with Gasteiger partial charge in [-0.05, 0) is 0 Å². The van der Waals surface area contributed by atoms with Crippen LogP contribution in [-0.2, 0) is 0 Å². The number of hydrogen-bond acceptors (Lipinski definition) is 0. The van der Waals surface area contributed by atoms with Crippen molar-refractivity contribution in [3.63, 3.8) is 0 Å². The zero-order valence-corrected chi connectivity index (χ0v) is 10.7. The van der Waals surface area contributed by atoms with Crippen LogP contribution in [0.4, 0.5) is 51.8 Å². The molecule has 0 heterocycles. The third-order valence-electron chi connectivity index (χ3n) is 0. The minimum atomic E-state index is -6.00. The molecule has 0 aromatic rings. The van der Waals surface area contributed by atoms with Crippen LogP contribution in [0, 0.1) is 0 Å². The molecule has 0 N–H and O–H groups in total. The molecular weight excluding hydrogens is 468 g/mol. The maximum atomic E-state index is 9.75. The Morgan fingerprint density at radius 3 is 0.312 bits per heavy atom. The molecule has 16 heteroatoms. The van der Waals surface area contributed by atoms with Gasteiger partial charge in [0.25, 0.3) is 0 Å². The van der Waals surface area contributed by atoms with E-state index in [1.54, 1.807) is 0 Å². The normalized spacial score (nSPS) is 11.2. The molecule has 0 fully saturated rings. The average molecular weight is 468 g/mol. The second-order valence-corrected chi connectivity index (χ2v) is 1.48. The molecule has 0 saturated carbocycles. The molecule has 0 saturated heterocycles. The van der Waals surface area contributed by atoms with Gasteiger partial charge in [-0.15, -0.1) is 0 Å². The van der Waals surface area contributed by atoms with Gasteiger partial charge in [0.1, 0.15) is 0 Å². The van der Waals surface area contributed by atoms with Gasteiger partial charge in [0.05, 0.1) is 0 Å². The summed E-state index contributed by atoms with van der Waals surface area (Å²) in [5.74, 6) is 0. The van der Waals surface area contributed by atoms with Crippen LogP contribution in [0.1, 0.15) is 0 Å². The third-order valence-corrected chi connectivity index (χ3v) is 0. The van der Waals surface area contributed by atoms with Crippen molar-refractivity contribution in [3.8, 4) is 0 Å². The molecule has 0 aliphatic carbocycles. The summed E-state index contributed by atoms with van der Waals surface area (Å²) in [6, 6.07) is 0. The second kappa shape index (κ2) is 9.32. The van der Waals surface area contributed by atoms with Gasteiger partial charge in [-0.2, -0.15) is 0 Å². The molecule has 0 amide bonds. The van der Waals surface area contributed by atoms with Gasteiger partial charge in [0, 0.05) is 27.3 Å². The quantitative estimate of drug-likeness (QED) is 0.378. The van der Waals surface area contributed by atoms with Crippen molar-refractivity contribution < 1.29 is 51.8 Å². The Labute approximate surface area is 101 Å². The van der Waals surface area contributed by atoms with E-state index in [0.29, 0.717) is 0 Å². The Hall–Kier alpha value is 0.277. The predicted molar refractivity (Wildman–Crippen MR) is 36.3 cm³/mol. The van der Waals surface area contributed by atoms with Crippen LogP contribution < -0.4 is 0 Å². The van der Waals surface area contributed by atoms with E-state index in [-0.39, 0.29) is 27.3 Å². The van der Waals surface area contributed by atoms with E-state index in [1.165, 1.54) is 0 Å². The summed E-state index contributed by atoms with van der Waals surface area (Å²) in [5.41, 5.74) is 0. The van der Waals surface area contributed by atoms with E-state index >= 15 is 0 Å². The number of rotatable bonds is 0. The molecule has 0 aromatic carbocycles. The largest absolute Gasteiger partial charge is 0.673 e. The molecule has 0 aliphatic rings. The van der Waals surface area contributed by atoms with E-state index in [1.807, 2.05) is 0 Å². The molecule has 0 spiro atoms. The van der Waals surface area contributed by atoms with E-state index in [2.05, 4.69) is 0 Å². The molecular formula is B3F12Pb-3. The fraction of sp³-hybridized carbons (Fsp3) is 0. The van der Waals surface area contributed by atoms with Gasteiger partial charge in [0.15, 0.2) is 0 Å². The summed E-state index contributed by atoms with van der Waals surface area (Å²) in [6.07, 6.45) is 0. The zero-order chi connectivity index (χ0) is 13.5. The van der Waals surface area contributed by atoms with Crippen LogP contribution in [0.3, 0.4) is 0 Å². The van der Waals surface area contributed by atoms with Gasteiger partial charge in [-0.1, -0.05) is 0 Å². The van der Waals surface area contributed by atoms with Crippen molar-refractivity contribution >= 4 is 49.1 Å². The van der Waals surface area contributed by atoms with E-state index in [0.717, 1.165) is 0 Å². The van der Waals surface area contributed by atoms with Crippen LogP contribution in [-0.4, -0.2) is 49.1 Å². The minimum absolute atomic E-state index is 0. The molecule has 16 heavy (non-hydrogen) atoms. The van der Waals surface area contributed by atoms with Crippen molar-refractivity contribution in [3.05, 3.63) is 0 Å². The third kappa shape index (κ3) is 32800. The van der Waals surface area contributed by atoms with Crippen LogP contribution in [0.2, 0.25) is 0 Å². The van der Waals surface area contributed by atoms with Crippen molar-refractivity contribution in [2.24, 2.45) is 0 Å². The van der Waals surface area contributed by atoms with Gasteiger partial charge < -0.3 is 51.8 Å². The zero-order valence-electron chi connectivity index (χ0n) is 6.77. The Kier molecular flexibility index (Phi) is 14.7. The predicted octanol–water partition coefficient (Wildman–Crippen LogP) is 3.52. The summed E-state index contributed by atoms with van der Waals surface area (Å²) in [4.78, 5) is 0. The molecule has 0 rings (SSSR count). The molecule has 0 atom stereocenters. The maximum Gasteiger partial charge on any atom is 0.673 e. The summed E-state index contributed by atoms with van der Waals surface area (Å²) < 4.78 is 117. The summed E-state index contributed by atoms with van der Waals surface area (Å²) >= 11 is 0. The van der Waals surface area contributed by atoms with Gasteiger partial charge >= 0.3 is 21.8 Å². The molecule has 0 aliphatic heterocycles. The SMILES string of the molecule is F[B-](F)(F)F.F[B-](F)(F)F.F[B-](F)(F)F.[Pb]. The molecule has 0 bridgehead atoms. The Balaban J connectivity index is -0.0000000655. The first-order valence-electron chi connectivity index (χ1n) is 2.62. The van der Waals surface area contributed by atoms with Crippen molar-refractivity contribution in [1.82, 2.24) is 0 Å². The van der Waals surface area contributed by atoms with Crippen LogP contribution in [0.5, 0.6) is 0 Å².